The third-order valence-electron chi connectivity index (χ3n) is 4.10. The van der Waals surface area contributed by atoms with E-state index in [0.717, 1.165) is 31.4 Å². The molecule has 0 aliphatic rings. The van der Waals surface area contributed by atoms with Crippen LogP contribution in [0.15, 0.2) is 41.2 Å². The Morgan fingerprint density at radius 3 is 2.58 bits per heavy atom. The van der Waals surface area contributed by atoms with Crippen LogP contribution in [-0.4, -0.2) is 30.3 Å². The molecule has 0 unspecified atom stereocenters. The molecule has 0 spiro atoms. The Morgan fingerprint density at radius 1 is 1.12 bits per heavy atom. The zero-order valence-electron chi connectivity index (χ0n) is 15.3. The lowest BCUT2D eigenvalue weighted by Gasteiger charge is -2.18. The first-order valence-corrected chi connectivity index (χ1v) is 9.30. The van der Waals surface area contributed by atoms with Gasteiger partial charge in [-0.25, -0.2) is 0 Å². The van der Waals surface area contributed by atoms with Crippen molar-refractivity contribution in [1.29, 1.82) is 0 Å². The standard InChI is InChI=1S/C20H24N2O2S.ClH/c1-13-8-9-15(22-11-10-21-12-20(2,3)24)17-18(23)14-6-4-5-7-16(14)25-19(13)17;/h4-9,21-22,24H,10-12H2,1-3H3;1H. The van der Waals surface area contributed by atoms with Gasteiger partial charge in [0.2, 0.25) is 0 Å². The smallest absolute Gasteiger partial charge is 0.197 e. The van der Waals surface area contributed by atoms with Gasteiger partial charge < -0.3 is 15.7 Å². The van der Waals surface area contributed by atoms with Gasteiger partial charge in [0.05, 0.1) is 11.0 Å². The minimum atomic E-state index is -0.723. The molecule has 1 heterocycles. The highest BCUT2D eigenvalue weighted by Crippen LogP contribution is 2.31. The van der Waals surface area contributed by atoms with E-state index >= 15 is 0 Å². The van der Waals surface area contributed by atoms with E-state index in [1.807, 2.05) is 37.3 Å². The van der Waals surface area contributed by atoms with Crippen LogP contribution in [0, 0.1) is 6.92 Å². The minimum Gasteiger partial charge on any atom is -0.389 e. The third kappa shape index (κ3) is 4.54. The molecule has 3 aromatic rings. The molecule has 0 atom stereocenters. The second kappa shape index (κ2) is 8.35. The summed E-state index contributed by atoms with van der Waals surface area (Å²) in [6, 6.07) is 11.8. The van der Waals surface area contributed by atoms with Crippen LogP contribution < -0.4 is 16.1 Å². The Balaban J connectivity index is 0.00000243. The molecule has 0 saturated heterocycles. The largest absolute Gasteiger partial charge is 0.389 e. The van der Waals surface area contributed by atoms with Gasteiger partial charge in [-0.3, -0.25) is 4.79 Å². The van der Waals surface area contributed by atoms with Gasteiger partial charge in [-0.05, 0) is 44.5 Å². The average molecular weight is 393 g/mol. The molecule has 3 N–H and O–H groups in total. The second-order valence-corrected chi connectivity index (χ2v) is 8.03. The molecular weight excluding hydrogens is 368 g/mol. The molecule has 1 aromatic heterocycles. The van der Waals surface area contributed by atoms with Crippen molar-refractivity contribution in [2.75, 3.05) is 25.0 Å². The van der Waals surface area contributed by atoms with E-state index in [1.165, 1.54) is 0 Å². The molecule has 0 saturated carbocycles. The Bertz CT molecular complexity index is 964. The first-order chi connectivity index (χ1) is 11.9. The van der Waals surface area contributed by atoms with E-state index in [9.17, 15) is 9.90 Å². The maximum absolute atomic E-state index is 13.0. The number of hydrogen-bond donors (Lipinski definition) is 3. The Labute approximate surface area is 163 Å². The monoisotopic (exact) mass is 392 g/mol. The molecule has 6 heteroatoms. The van der Waals surface area contributed by atoms with Gasteiger partial charge in [-0.15, -0.1) is 23.7 Å². The number of aliphatic hydroxyl groups is 1. The van der Waals surface area contributed by atoms with Crippen molar-refractivity contribution in [2.24, 2.45) is 0 Å². The number of anilines is 1. The van der Waals surface area contributed by atoms with Crippen LogP contribution in [0.4, 0.5) is 5.69 Å². The van der Waals surface area contributed by atoms with Crippen LogP contribution in [-0.2, 0) is 0 Å². The molecular formula is C20H25ClN2O2S. The predicted molar refractivity (Wildman–Crippen MR) is 115 cm³/mol. The molecule has 0 fully saturated rings. The maximum atomic E-state index is 13.0. The lowest BCUT2D eigenvalue weighted by molar-refractivity contribution is 0.0804. The van der Waals surface area contributed by atoms with Crippen molar-refractivity contribution in [1.82, 2.24) is 5.32 Å². The van der Waals surface area contributed by atoms with Crippen LogP contribution >= 0.6 is 23.7 Å². The van der Waals surface area contributed by atoms with Gasteiger partial charge in [-0.1, -0.05) is 18.2 Å². The topological polar surface area (TPSA) is 61.4 Å². The summed E-state index contributed by atoms with van der Waals surface area (Å²) in [7, 11) is 0. The lowest BCUT2D eigenvalue weighted by Crippen LogP contribution is -2.36. The van der Waals surface area contributed by atoms with E-state index in [0.29, 0.717) is 19.6 Å². The summed E-state index contributed by atoms with van der Waals surface area (Å²) < 4.78 is 2.06. The van der Waals surface area contributed by atoms with E-state index in [-0.39, 0.29) is 17.8 Å². The van der Waals surface area contributed by atoms with Crippen molar-refractivity contribution in [3.8, 4) is 0 Å². The molecule has 0 aliphatic carbocycles. The number of aryl methyl sites for hydroxylation is 1. The first kappa shape index (κ1) is 20.6. The summed E-state index contributed by atoms with van der Waals surface area (Å²) in [6.07, 6.45) is 0. The summed E-state index contributed by atoms with van der Waals surface area (Å²) in [5.74, 6) is 0. The van der Waals surface area contributed by atoms with Gasteiger partial charge >= 0.3 is 0 Å². The molecule has 0 aliphatic heterocycles. The van der Waals surface area contributed by atoms with Crippen LogP contribution in [0.3, 0.4) is 0 Å². The summed E-state index contributed by atoms with van der Waals surface area (Å²) in [5, 5.41) is 17.8. The number of rotatable bonds is 6. The number of hydrogen-bond acceptors (Lipinski definition) is 5. The predicted octanol–water partition coefficient (Wildman–Crippen LogP) is 3.92. The molecule has 0 radical (unpaired) electrons. The van der Waals surface area contributed by atoms with Crippen molar-refractivity contribution in [3.63, 3.8) is 0 Å². The second-order valence-electron chi connectivity index (χ2n) is 6.98. The van der Waals surface area contributed by atoms with E-state index in [1.54, 1.807) is 25.2 Å². The minimum absolute atomic E-state index is 0. The summed E-state index contributed by atoms with van der Waals surface area (Å²) in [4.78, 5) is 13.0. The van der Waals surface area contributed by atoms with Crippen molar-refractivity contribution in [3.05, 3.63) is 52.2 Å². The highest BCUT2D eigenvalue weighted by molar-refractivity contribution is 7.24. The fourth-order valence-electron chi connectivity index (χ4n) is 2.86. The van der Waals surface area contributed by atoms with Crippen LogP contribution in [0.25, 0.3) is 20.2 Å². The molecule has 2 aromatic carbocycles. The number of fused-ring (bicyclic) bond motifs is 2. The molecule has 26 heavy (non-hydrogen) atoms. The fourth-order valence-corrected chi connectivity index (χ4v) is 4.03. The molecule has 4 nitrogen and oxygen atoms in total. The van der Waals surface area contributed by atoms with E-state index in [4.69, 9.17) is 0 Å². The maximum Gasteiger partial charge on any atom is 0.197 e. The highest BCUT2D eigenvalue weighted by atomic mass is 35.5. The number of nitrogens with one attached hydrogen (secondary N) is 2. The van der Waals surface area contributed by atoms with Crippen molar-refractivity contribution < 1.29 is 5.11 Å². The molecule has 0 bridgehead atoms. The highest BCUT2D eigenvalue weighted by Gasteiger charge is 2.13. The Hall–Kier alpha value is -1.66. The Morgan fingerprint density at radius 2 is 1.85 bits per heavy atom. The zero-order valence-corrected chi connectivity index (χ0v) is 16.9. The van der Waals surface area contributed by atoms with Crippen LogP contribution in [0.5, 0.6) is 0 Å². The average Bonchev–Trinajstić information content (AvgIpc) is 2.56. The SMILES string of the molecule is Cc1ccc(NCCNCC(C)(C)O)c2c(=O)c3ccccc3sc12.Cl. The van der Waals surface area contributed by atoms with Gasteiger partial charge in [0.15, 0.2) is 5.43 Å². The van der Waals surface area contributed by atoms with Crippen molar-refractivity contribution in [2.45, 2.75) is 26.4 Å². The normalized spacial score (nSPS) is 11.5. The van der Waals surface area contributed by atoms with Crippen molar-refractivity contribution >= 4 is 49.6 Å². The quantitative estimate of drug-likeness (QED) is 0.439. The summed E-state index contributed by atoms with van der Waals surface area (Å²) in [6.45, 7) is 7.52. The third-order valence-corrected chi connectivity index (χ3v) is 5.41. The van der Waals surface area contributed by atoms with E-state index in [2.05, 4.69) is 16.7 Å². The molecule has 140 valence electrons. The zero-order chi connectivity index (χ0) is 18.0. The Kier molecular flexibility index (Phi) is 6.64. The lowest BCUT2D eigenvalue weighted by atomic mass is 10.1. The number of halogens is 1. The van der Waals surface area contributed by atoms with E-state index < -0.39 is 5.60 Å². The summed E-state index contributed by atoms with van der Waals surface area (Å²) >= 11 is 1.66. The van der Waals surface area contributed by atoms with Gasteiger partial charge in [-0.2, -0.15) is 0 Å². The van der Waals surface area contributed by atoms with Gasteiger partial charge in [0.1, 0.15) is 0 Å². The fraction of sp³-hybridized carbons (Fsp3) is 0.350. The first-order valence-electron chi connectivity index (χ1n) is 8.49. The van der Waals surface area contributed by atoms with Crippen LogP contribution in [0.1, 0.15) is 19.4 Å². The summed E-state index contributed by atoms with van der Waals surface area (Å²) in [5.41, 5.74) is 1.35. The number of benzene rings is 2. The van der Waals surface area contributed by atoms with Gasteiger partial charge in [0, 0.05) is 40.1 Å². The molecule has 0 amide bonds. The van der Waals surface area contributed by atoms with Gasteiger partial charge in [0.25, 0.3) is 0 Å². The molecule has 3 rings (SSSR count). The van der Waals surface area contributed by atoms with Crippen LogP contribution in [0.2, 0.25) is 0 Å².